The number of unbranched alkanes of at least 4 members (excludes halogenated alkanes) is 15. The van der Waals surface area contributed by atoms with Gasteiger partial charge < -0.3 is 50.2 Å². The molecular formula is C52H87N3O18P2. The van der Waals surface area contributed by atoms with E-state index in [1.807, 2.05) is 6.92 Å². The SMILES string of the molecule is CCCCCCCC/C=C\CCCCCCCCCC(=O)OC[C@@H]1COP(=O)(O)OP(=O)(O)OC[C@H]2O[C@@H](n3ccc(N)nc3=O)[C@@H](CC=CCCCC(=O)O1)C(=O)C[C@@H](O)[C@H](C=C[C@@H](O)CCCCC)[C@H](O)[C@@H]2O. The van der Waals surface area contributed by atoms with Gasteiger partial charge in [-0.05, 0) is 63.9 Å². The number of ketones is 1. The lowest BCUT2D eigenvalue weighted by Gasteiger charge is -2.38. The van der Waals surface area contributed by atoms with E-state index in [1.54, 1.807) is 12.2 Å². The number of phosphoric ester groups is 2. The number of anilines is 1. The normalized spacial score (nSPS) is 28.6. The van der Waals surface area contributed by atoms with Gasteiger partial charge in [0.05, 0.1) is 37.4 Å². The topological polar surface area (TPSA) is 323 Å². The maximum absolute atomic E-state index is 14.3. The minimum Gasteiger partial charge on any atom is -0.462 e. The van der Waals surface area contributed by atoms with Crippen LogP contribution in [0.1, 0.15) is 181 Å². The van der Waals surface area contributed by atoms with Crippen LogP contribution in [-0.2, 0) is 51.1 Å². The van der Waals surface area contributed by atoms with Crippen molar-refractivity contribution in [3.05, 3.63) is 59.2 Å². The minimum atomic E-state index is -5.72. The van der Waals surface area contributed by atoms with Crippen LogP contribution in [-0.4, -0.2) is 114 Å². The molecule has 2 unspecified atom stereocenters. The van der Waals surface area contributed by atoms with Crippen LogP contribution in [0.2, 0.25) is 0 Å². The van der Waals surface area contributed by atoms with Crippen molar-refractivity contribution in [2.24, 2.45) is 11.8 Å². The molecule has 0 spiro atoms. The predicted octanol–water partition coefficient (Wildman–Crippen LogP) is 8.15. The van der Waals surface area contributed by atoms with E-state index in [9.17, 15) is 58.5 Å². The first kappa shape index (κ1) is 65.9. The lowest BCUT2D eigenvalue weighted by Crippen LogP contribution is -2.51. The molecule has 428 valence electrons. The number of aliphatic hydroxyl groups excluding tert-OH is 4. The molecule has 23 heteroatoms. The number of carbonyl (C=O) groups excluding carboxylic acids is 3. The highest BCUT2D eigenvalue weighted by Crippen LogP contribution is 2.60. The summed E-state index contributed by atoms with van der Waals surface area (Å²) >= 11 is 0. The molecule has 2 aliphatic rings. The van der Waals surface area contributed by atoms with Crippen molar-refractivity contribution in [3.8, 4) is 0 Å². The largest absolute Gasteiger partial charge is 0.481 e. The Bertz CT molecular complexity index is 2070. The van der Waals surface area contributed by atoms with Gasteiger partial charge in [-0.2, -0.15) is 9.29 Å². The van der Waals surface area contributed by atoms with Gasteiger partial charge in [0.1, 0.15) is 36.6 Å². The maximum Gasteiger partial charge on any atom is 0.481 e. The van der Waals surface area contributed by atoms with E-state index in [0.717, 1.165) is 75.0 Å². The molecule has 0 radical (unpaired) electrons. The highest BCUT2D eigenvalue weighted by atomic mass is 31.3. The minimum absolute atomic E-state index is 0.0708. The van der Waals surface area contributed by atoms with Crippen molar-refractivity contribution in [2.45, 2.75) is 217 Å². The van der Waals surface area contributed by atoms with Gasteiger partial charge in [0.2, 0.25) is 0 Å². The fraction of sp³-hybridized carbons (Fsp3) is 0.750. The summed E-state index contributed by atoms with van der Waals surface area (Å²) in [5.41, 5.74) is 4.72. The van der Waals surface area contributed by atoms with E-state index < -0.39 is 120 Å². The second-order valence-electron chi connectivity index (χ2n) is 19.5. The number of ether oxygens (including phenoxy) is 3. The summed E-state index contributed by atoms with van der Waals surface area (Å²) in [4.78, 5) is 78.4. The van der Waals surface area contributed by atoms with Gasteiger partial charge in [0, 0.05) is 31.4 Å². The zero-order valence-corrected chi connectivity index (χ0v) is 45.9. The standard InChI is InChI=1S/C52H87N3O18P2/c1-3-5-7-8-9-10-11-12-13-14-15-16-17-18-19-20-25-29-47(59)68-36-40-37-69-74(64,65)73-75(66,67)70-38-45-50(62)49(61)41(32-31-39(56)27-23-6-4-2)43(57)35-44(58)42(28-24-21-22-26-30-48(60)71-40)51(72-45)55-34-33-46(53)54-52(55)63/h12-13,21,24,31-34,39-43,45,49-51,56-57,61-62H,3-11,14-20,22-23,25-30,35-38H2,1-2H3,(H,64,65)(H,66,67)(H2,53,54,63)/b13-12-,24-21?,32-31?/t39-,40+,41-,42-,43+,45+,49-,50+,51+/m0/s1. The summed E-state index contributed by atoms with van der Waals surface area (Å²) in [5.74, 6) is -5.13. The molecule has 3 heterocycles. The van der Waals surface area contributed by atoms with Gasteiger partial charge in [-0.15, -0.1) is 0 Å². The van der Waals surface area contributed by atoms with Gasteiger partial charge in [-0.3, -0.25) is 28.0 Å². The predicted molar refractivity (Wildman–Crippen MR) is 281 cm³/mol. The highest BCUT2D eigenvalue weighted by molar-refractivity contribution is 7.61. The molecule has 11 atom stereocenters. The molecule has 0 amide bonds. The van der Waals surface area contributed by atoms with Crippen LogP contribution in [0.3, 0.4) is 0 Å². The first-order valence-corrected chi connectivity index (χ1v) is 30.1. The van der Waals surface area contributed by atoms with Gasteiger partial charge in [0.15, 0.2) is 6.10 Å². The molecule has 8 N–H and O–H groups in total. The number of allylic oxidation sites excluding steroid dienone is 4. The Balaban J connectivity index is 1.73. The molecule has 1 aromatic heterocycles. The Morgan fingerprint density at radius 1 is 0.853 bits per heavy atom. The highest BCUT2D eigenvalue weighted by Gasteiger charge is 2.45. The van der Waals surface area contributed by atoms with Crippen molar-refractivity contribution >= 4 is 39.2 Å². The van der Waals surface area contributed by atoms with E-state index >= 15 is 0 Å². The molecule has 1 saturated heterocycles. The number of carbonyl (C=O) groups is 3. The number of nitrogens with two attached hydrogens (primary N) is 1. The van der Waals surface area contributed by atoms with Crippen molar-refractivity contribution in [1.82, 2.24) is 9.55 Å². The van der Waals surface area contributed by atoms with Crippen LogP contribution < -0.4 is 11.4 Å². The molecule has 0 saturated carbocycles. The number of aliphatic hydroxyl groups is 4. The number of hydrogen-bond acceptors (Lipinski definition) is 18. The molecule has 75 heavy (non-hydrogen) atoms. The first-order valence-electron chi connectivity index (χ1n) is 27.1. The van der Waals surface area contributed by atoms with Crippen LogP contribution in [0.15, 0.2) is 53.5 Å². The molecule has 2 bridgehead atoms. The number of Topliss-reactive ketones (excluding diaryl/α,β-unsaturated/α-hetero) is 1. The first-order chi connectivity index (χ1) is 35.9. The second-order valence-corrected chi connectivity index (χ2v) is 22.5. The Kier molecular flexibility index (Phi) is 32.2. The van der Waals surface area contributed by atoms with Crippen LogP contribution >= 0.6 is 15.6 Å². The van der Waals surface area contributed by atoms with Crippen molar-refractivity contribution in [2.75, 3.05) is 25.6 Å². The van der Waals surface area contributed by atoms with Crippen molar-refractivity contribution in [1.29, 1.82) is 0 Å². The molecule has 3 rings (SSSR count). The number of phosphoric acid groups is 2. The van der Waals surface area contributed by atoms with Gasteiger partial charge in [0.25, 0.3) is 0 Å². The zero-order valence-electron chi connectivity index (χ0n) is 44.1. The Hall–Kier alpha value is -3.43. The third-order valence-electron chi connectivity index (χ3n) is 13.0. The third-order valence-corrected chi connectivity index (χ3v) is 15.6. The van der Waals surface area contributed by atoms with Crippen LogP contribution in [0, 0.1) is 11.8 Å². The van der Waals surface area contributed by atoms with Crippen LogP contribution in [0.4, 0.5) is 5.82 Å². The van der Waals surface area contributed by atoms with E-state index in [4.69, 9.17) is 29.0 Å². The number of nitrogen functional groups attached to an aromatic ring is 1. The van der Waals surface area contributed by atoms with Crippen molar-refractivity contribution < 1.29 is 81.3 Å². The summed E-state index contributed by atoms with van der Waals surface area (Å²) in [6, 6.07) is 1.22. The number of hydrogen-bond donors (Lipinski definition) is 7. The number of aromatic nitrogens is 2. The number of cyclic esters (lactones) is 1. The molecule has 2 aliphatic heterocycles. The monoisotopic (exact) mass is 1100 g/mol. The zero-order chi connectivity index (χ0) is 55.1. The van der Waals surface area contributed by atoms with Crippen molar-refractivity contribution in [3.63, 3.8) is 0 Å². The maximum atomic E-state index is 14.3. The second kappa shape index (κ2) is 36.6. The summed E-state index contributed by atoms with van der Waals surface area (Å²) < 4.78 is 58.8. The molecule has 0 aliphatic carbocycles. The summed E-state index contributed by atoms with van der Waals surface area (Å²) in [6.45, 7) is 1.46. The smallest absolute Gasteiger partial charge is 0.462 e. The fourth-order valence-corrected chi connectivity index (χ4v) is 10.8. The molecule has 0 aromatic carbocycles. The quantitative estimate of drug-likeness (QED) is 0.0199. The average molecular weight is 1100 g/mol. The Morgan fingerprint density at radius 2 is 1.47 bits per heavy atom. The fourth-order valence-electron chi connectivity index (χ4n) is 8.71. The molecule has 1 fully saturated rings. The number of nitrogens with zero attached hydrogens (tertiary/aromatic N) is 2. The molecule has 1 aromatic rings. The molecular weight excluding hydrogens is 1020 g/mol. The van der Waals surface area contributed by atoms with Crippen LogP contribution in [0.25, 0.3) is 0 Å². The summed E-state index contributed by atoms with van der Waals surface area (Å²) in [7, 11) is -11.3. The van der Waals surface area contributed by atoms with E-state index in [0.29, 0.717) is 19.3 Å². The number of fused-ring (bicyclic) bond motifs is 3. The van der Waals surface area contributed by atoms with E-state index in [2.05, 4.69) is 28.4 Å². The molecule has 21 nitrogen and oxygen atoms in total. The van der Waals surface area contributed by atoms with Gasteiger partial charge in [-0.1, -0.05) is 134 Å². The lowest BCUT2D eigenvalue weighted by atomic mass is 9.83. The third kappa shape index (κ3) is 27.1. The van der Waals surface area contributed by atoms with Gasteiger partial charge >= 0.3 is 33.3 Å². The lowest BCUT2D eigenvalue weighted by molar-refractivity contribution is -0.183. The van der Waals surface area contributed by atoms with E-state index in [1.165, 1.54) is 56.7 Å². The summed E-state index contributed by atoms with van der Waals surface area (Å²) in [6.07, 6.45) is 18.3. The Labute approximate surface area is 442 Å². The number of rotatable bonds is 26. The number of esters is 2. The Morgan fingerprint density at radius 3 is 2.12 bits per heavy atom. The van der Waals surface area contributed by atoms with Gasteiger partial charge in [-0.25, -0.2) is 13.9 Å². The van der Waals surface area contributed by atoms with Crippen LogP contribution in [0.5, 0.6) is 0 Å². The summed E-state index contributed by atoms with van der Waals surface area (Å²) in [5, 5.41) is 45.5. The average Bonchev–Trinajstić information content (AvgIpc) is 3.35. The van der Waals surface area contributed by atoms with E-state index in [-0.39, 0.29) is 37.9 Å².